The molecule has 0 atom stereocenters. The van der Waals surface area contributed by atoms with Crippen molar-refractivity contribution < 1.29 is 18.9 Å². The number of carbonyl (C=O) groups is 2. The normalized spacial score (nSPS) is 15.0. The summed E-state index contributed by atoms with van der Waals surface area (Å²) in [6, 6.07) is 3.77. The molecule has 144 valence electrons. The predicted molar refractivity (Wildman–Crippen MR) is 95.2 cm³/mol. The number of benzene rings is 1. The lowest BCUT2D eigenvalue weighted by molar-refractivity contribution is -0.384. The van der Waals surface area contributed by atoms with E-state index in [0.29, 0.717) is 31.6 Å². The van der Waals surface area contributed by atoms with E-state index in [9.17, 15) is 24.5 Å². The number of nitro benzene ring substituents is 1. The number of nitrogens with zero attached hydrogens (tertiary/aromatic N) is 3. The summed E-state index contributed by atoms with van der Waals surface area (Å²) in [4.78, 5) is 48.0. The monoisotopic (exact) mass is 376 g/mol. The highest BCUT2D eigenvalue weighted by atomic mass is 16.6. The minimum Gasteiger partial charge on any atom is -0.407 e. The summed E-state index contributed by atoms with van der Waals surface area (Å²) in [5, 5.41) is 13.5. The Morgan fingerprint density at radius 1 is 1.26 bits per heavy atom. The predicted octanol–water partition coefficient (Wildman–Crippen LogP) is 1.02. The quantitative estimate of drug-likeness (QED) is 0.592. The first-order chi connectivity index (χ1) is 13.0. The van der Waals surface area contributed by atoms with Crippen molar-refractivity contribution in [3.05, 3.63) is 38.9 Å². The smallest absolute Gasteiger partial charge is 0.407 e. The van der Waals surface area contributed by atoms with Crippen LogP contribution in [0.15, 0.2) is 27.4 Å². The number of amides is 2. The molecule has 1 aromatic heterocycles. The highest BCUT2D eigenvalue weighted by Gasteiger charge is 2.18. The second-order valence-electron chi connectivity index (χ2n) is 6.40. The van der Waals surface area contributed by atoms with Crippen LogP contribution in [0.3, 0.4) is 0 Å². The highest BCUT2D eigenvalue weighted by molar-refractivity contribution is 5.80. The van der Waals surface area contributed by atoms with Gasteiger partial charge >= 0.3 is 5.76 Å². The molecule has 1 aromatic carbocycles. The standard InChI is InChI=1S/C17H20N4O6/c22-15(18-7-9-19-8-3-1-2-4-16(19)23)11-20-13-6-5-12(21(25)26)10-14(13)27-17(20)24/h5-6,10H,1-4,7-9,11H2,(H,18,22). The van der Waals surface area contributed by atoms with Crippen molar-refractivity contribution in [1.82, 2.24) is 14.8 Å². The summed E-state index contributed by atoms with van der Waals surface area (Å²) in [6.07, 6.45) is 3.43. The average molecular weight is 376 g/mol. The van der Waals surface area contributed by atoms with E-state index in [0.717, 1.165) is 29.9 Å². The Hall–Kier alpha value is -3.17. The number of nitrogens with one attached hydrogen (secondary N) is 1. The third-order valence-electron chi connectivity index (χ3n) is 4.54. The van der Waals surface area contributed by atoms with Gasteiger partial charge in [-0.3, -0.25) is 24.3 Å². The summed E-state index contributed by atoms with van der Waals surface area (Å²) in [6.45, 7) is 1.15. The number of aromatic nitrogens is 1. The summed E-state index contributed by atoms with van der Waals surface area (Å²) < 4.78 is 6.10. The number of non-ortho nitro benzene ring substituents is 1. The SMILES string of the molecule is O=C(Cn1c(=O)oc2cc([N+](=O)[O-])ccc21)NCCN1CCCCCC1=O. The first-order valence-corrected chi connectivity index (χ1v) is 8.78. The van der Waals surface area contributed by atoms with Crippen molar-refractivity contribution in [2.75, 3.05) is 19.6 Å². The Bertz CT molecular complexity index is 931. The minimum atomic E-state index is -0.761. The van der Waals surface area contributed by atoms with Crippen LogP contribution in [0.1, 0.15) is 25.7 Å². The zero-order valence-corrected chi connectivity index (χ0v) is 14.7. The van der Waals surface area contributed by atoms with Crippen LogP contribution in [0.4, 0.5) is 5.69 Å². The van der Waals surface area contributed by atoms with E-state index >= 15 is 0 Å². The molecule has 2 heterocycles. The fourth-order valence-electron chi connectivity index (χ4n) is 3.12. The third-order valence-corrected chi connectivity index (χ3v) is 4.54. The first-order valence-electron chi connectivity index (χ1n) is 8.78. The lowest BCUT2D eigenvalue weighted by Crippen LogP contribution is -2.39. The number of hydrogen-bond acceptors (Lipinski definition) is 6. The zero-order chi connectivity index (χ0) is 19.4. The summed E-state index contributed by atoms with van der Waals surface area (Å²) >= 11 is 0. The third kappa shape index (κ3) is 4.33. The van der Waals surface area contributed by atoms with E-state index in [4.69, 9.17) is 4.42 Å². The van der Waals surface area contributed by atoms with Gasteiger partial charge in [-0.2, -0.15) is 0 Å². The first kappa shape index (κ1) is 18.6. The zero-order valence-electron chi connectivity index (χ0n) is 14.7. The highest BCUT2D eigenvalue weighted by Crippen LogP contribution is 2.19. The van der Waals surface area contributed by atoms with E-state index in [1.807, 2.05) is 0 Å². The van der Waals surface area contributed by atoms with E-state index < -0.39 is 16.6 Å². The van der Waals surface area contributed by atoms with Crippen molar-refractivity contribution in [1.29, 1.82) is 0 Å². The maximum absolute atomic E-state index is 12.1. The van der Waals surface area contributed by atoms with Crippen molar-refractivity contribution in [2.24, 2.45) is 0 Å². The summed E-state index contributed by atoms with van der Waals surface area (Å²) in [5.41, 5.74) is 0.163. The number of rotatable bonds is 6. The Morgan fingerprint density at radius 3 is 2.85 bits per heavy atom. The van der Waals surface area contributed by atoms with Crippen LogP contribution in [-0.2, 0) is 16.1 Å². The van der Waals surface area contributed by atoms with Gasteiger partial charge in [-0.15, -0.1) is 0 Å². The van der Waals surface area contributed by atoms with Gasteiger partial charge in [0, 0.05) is 32.1 Å². The number of hydrogen-bond donors (Lipinski definition) is 1. The molecule has 1 aliphatic rings. The molecule has 0 unspecified atom stereocenters. The van der Waals surface area contributed by atoms with Crippen molar-refractivity contribution in [2.45, 2.75) is 32.2 Å². The van der Waals surface area contributed by atoms with E-state index in [2.05, 4.69) is 5.32 Å². The lowest BCUT2D eigenvalue weighted by Gasteiger charge is -2.20. The maximum atomic E-state index is 12.1. The largest absolute Gasteiger partial charge is 0.420 e. The van der Waals surface area contributed by atoms with Crippen LogP contribution in [0.5, 0.6) is 0 Å². The van der Waals surface area contributed by atoms with Gasteiger partial charge in [0.05, 0.1) is 16.5 Å². The molecule has 0 saturated carbocycles. The van der Waals surface area contributed by atoms with Crippen LogP contribution in [-0.4, -0.2) is 45.8 Å². The molecule has 1 aliphatic heterocycles. The van der Waals surface area contributed by atoms with Crippen LogP contribution >= 0.6 is 0 Å². The molecule has 0 bridgehead atoms. The molecule has 1 fully saturated rings. The molecule has 10 heteroatoms. The van der Waals surface area contributed by atoms with Crippen molar-refractivity contribution in [3.63, 3.8) is 0 Å². The number of oxazole rings is 1. The van der Waals surface area contributed by atoms with Gasteiger partial charge < -0.3 is 14.6 Å². The molecule has 27 heavy (non-hydrogen) atoms. The van der Waals surface area contributed by atoms with Gasteiger partial charge in [0.1, 0.15) is 6.54 Å². The van der Waals surface area contributed by atoms with Gasteiger partial charge in [-0.1, -0.05) is 6.42 Å². The molecular weight excluding hydrogens is 356 g/mol. The van der Waals surface area contributed by atoms with E-state index in [1.165, 1.54) is 12.1 Å². The Kier molecular flexibility index (Phi) is 5.53. The van der Waals surface area contributed by atoms with Gasteiger partial charge in [0.2, 0.25) is 11.8 Å². The molecule has 3 rings (SSSR count). The molecule has 2 aromatic rings. The second kappa shape index (κ2) is 8.02. The van der Waals surface area contributed by atoms with Crippen LogP contribution in [0.2, 0.25) is 0 Å². The topological polar surface area (TPSA) is 128 Å². The van der Waals surface area contributed by atoms with Gasteiger partial charge in [-0.25, -0.2) is 4.79 Å². The summed E-state index contributed by atoms with van der Waals surface area (Å²) in [5.74, 6) is -1.07. The average Bonchev–Trinajstić information content (AvgIpc) is 2.79. The minimum absolute atomic E-state index is 0.0529. The fraction of sp³-hybridized carbons (Fsp3) is 0.471. The lowest BCUT2D eigenvalue weighted by atomic mass is 10.2. The number of fused-ring (bicyclic) bond motifs is 1. The van der Waals surface area contributed by atoms with Crippen molar-refractivity contribution >= 4 is 28.6 Å². The molecule has 10 nitrogen and oxygen atoms in total. The van der Waals surface area contributed by atoms with E-state index in [-0.39, 0.29) is 23.7 Å². The van der Waals surface area contributed by atoms with Gasteiger partial charge in [0.25, 0.3) is 5.69 Å². The molecule has 0 aliphatic carbocycles. The molecule has 2 amide bonds. The Balaban J connectivity index is 1.60. The Morgan fingerprint density at radius 2 is 2.07 bits per heavy atom. The van der Waals surface area contributed by atoms with Crippen LogP contribution in [0, 0.1) is 10.1 Å². The summed E-state index contributed by atoms with van der Waals surface area (Å²) in [7, 11) is 0. The molecular formula is C17H20N4O6. The Labute approximate surface area is 153 Å². The van der Waals surface area contributed by atoms with Gasteiger partial charge in [-0.05, 0) is 18.9 Å². The van der Waals surface area contributed by atoms with Crippen molar-refractivity contribution in [3.8, 4) is 0 Å². The number of nitro groups is 1. The molecule has 1 saturated heterocycles. The number of carbonyl (C=O) groups excluding carboxylic acids is 2. The molecule has 0 radical (unpaired) electrons. The van der Waals surface area contributed by atoms with Crippen LogP contribution < -0.4 is 11.1 Å². The van der Waals surface area contributed by atoms with Crippen LogP contribution in [0.25, 0.3) is 11.1 Å². The fourth-order valence-corrected chi connectivity index (χ4v) is 3.12. The molecule has 1 N–H and O–H groups in total. The van der Waals surface area contributed by atoms with E-state index in [1.54, 1.807) is 4.90 Å². The second-order valence-corrected chi connectivity index (χ2v) is 6.40. The van der Waals surface area contributed by atoms with Gasteiger partial charge in [0.15, 0.2) is 5.58 Å². The molecule has 0 spiro atoms. The number of likely N-dealkylation sites (tertiary alicyclic amines) is 1. The maximum Gasteiger partial charge on any atom is 0.420 e.